The van der Waals surface area contributed by atoms with Crippen molar-refractivity contribution >= 4 is 5.97 Å². The van der Waals surface area contributed by atoms with E-state index in [1.807, 2.05) is 0 Å². The Balaban J connectivity index is 1.56. The molecule has 3 heterocycles. The zero-order valence-electron chi connectivity index (χ0n) is 12.7. The summed E-state index contributed by atoms with van der Waals surface area (Å²) < 4.78 is 7.59. The number of aryl methyl sites for hydroxylation is 2. The molecule has 0 radical (unpaired) electrons. The van der Waals surface area contributed by atoms with E-state index in [-0.39, 0.29) is 12.0 Å². The van der Waals surface area contributed by atoms with E-state index < -0.39 is 0 Å². The van der Waals surface area contributed by atoms with Crippen LogP contribution >= 0.6 is 0 Å². The van der Waals surface area contributed by atoms with Gasteiger partial charge in [0, 0.05) is 31.2 Å². The Morgan fingerprint density at radius 2 is 2.10 bits per heavy atom. The van der Waals surface area contributed by atoms with Gasteiger partial charge in [-0.3, -0.25) is 9.69 Å². The second-order valence-electron chi connectivity index (χ2n) is 6.54. The molecule has 0 unspecified atom stereocenters. The summed E-state index contributed by atoms with van der Waals surface area (Å²) in [6, 6.07) is 0.474. The van der Waals surface area contributed by atoms with Crippen molar-refractivity contribution in [2.75, 3.05) is 19.7 Å². The first-order chi connectivity index (χ1) is 10.2. The number of carbonyl (C=O) groups is 1. The van der Waals surface area contributed by atoms with Crippen LogP contribution in [0.2, 0.25) is 0 Å². The Morgan fingerprint density at radius 1 is 1.24 bits per heavy atom. The number of ether oxygens (including phenoxy) is 1. The van der Waals surface area contributed by atoms with Crippen LogP contribution in [0.1, 0.15) is 48.9 Å². The van der Waals surface area contributed by atoms with Crippen molar-refractivity contribution in [2.24, 2.45) is 0 Å². The Morgan fingerprint density at radius 3 is 2.90 bits per heavy atom. The molecule has 3 aliphatic rings. The molecule has 2 aliphatic heterocycles. The number of aromatic nitrogens is 2. The largest absolute Gasteiger partial charge is 0.464 e. The highest BCUT2D eigenvalue weighted by Gasteiger charge is 2.38. The maximum Gasteiger partial charge on any atom is 0.323 e. The molecule has 114 valence electrons. The fourth-order valence-corrected chi connectivity index (χ4v) is 4.26. The highest BCUT2D eigenvalue weighted by atomic mass is 16.5. The summed E-state index contributed by atoms with van der Waals surface area (Å²) in [5.74, 6) is 1.13. The van der Waals surface area contributed by atoms with E-state index >= 15 is 0 Å². The highest BCUT2D eigenvalue weighted by molar-refractivity contribution is 5.77. The molecule has 1 aromatic heterocycles. The molecule has 1 aromatic rings. The van der Waals surface area contributed by atoms with Crippen LogP contribution in [0, 0.1) is 6.92 Å². The number of fused-ring (bicyclic) bond motifs is 1. The van der Waals surface area contributed by atoms with Crippen molar-refractivity contribution in [3.63, 3.8) is 0 Å². The first-order valence-electron chi connectivity index (χ1n) is 8.21. The molecule has 0 amide bonds. The molecule has 0 aromatic carbocycles. The van der Waals surface area contributed by atoms with E-state index in [4.69, 9.17) is 9.72 Å². The summed E-state index contributed by atoms with van der Waals surface area (Å²) in [7, 11) is 0. The number of hydrogen-bond donors (Lipinski definition) is 0. The number of likely N-dealkylation sites (tertiary alicyclic amines) is 1. The number of carbonyl (C=O) groups excluding carboxylic acids is 1. The van der Waals surface area contributed by atoms with Gasteiger partial charge in [-0.25, -0.2) is 4.98 Å². The number of hydrogen-bond acceptors (Lipinski definition) is 4. The number of nitrogens with zero attached hydrogens (tertiary/aromatic N) is 3. The Hall–Kier alpha value is -1.36. The van der Waals surface area contributed by atoms with E-state index in [1.165, 1.54) is 24.2 Å². The molecule has 1 aliphatic carbocycles. The van der Waals surface area contributed by atoms with Gasteiger partial charge >= 0.3 is 5.97 Å². The quantitative estimate of drug-likeness (QED) is 0.777. The lowest BCUT2D eigenvalue weighted by Crippen LogP contribution is -2.37. The SMILES string of the molecule is Cc1nc2c(n1[C@@H]1CCN([C@@H]3CCOC3=O)C1)CCCC2. The molecule has 0 saturated carbocycles. The third kappa shape index (κ3) is 2.18. The van der Waals surface area contributed by atoms with Gasteiger partial charge in [0.05, 0.1) is 12.3 Å². The van der Waals surface area contributed by atoms with E-state index in [0.29, 0.717) is 12.6 Å². The van der Waals surface area contributed by atoms with E-state index in [2.05, 4.69) is 16.4 Å². The van der Waals surface area contributed by atoms with Gasteiger partial charge in [0.25, 0.3) is 0 Å². The van der Waals surface area contributed by atoms with Crippen LogP contribution in [0.3, 0.4) is 0 Å². The van der Waals surface area contributed by atoms with E-state index in [9.17, 15) is 4.79 Å². The second-order valence-corrected chi connectivity index (χ2v) is 6.54. The van der Waals surface area contributed by atoms with Crippen molar-refractivity contribution in [3.8, 4) is 0 Å². The molecule has 21 heavy (non-hydrogen) atoms. The van der Waals surface area contributed by atoms with Gasteiger partial charge in [0.1, 0.15) is 11.9 Å². The van der Waals surface area contributed by atoms with Gasteiger partial charge < -0.3 is 9.30 Å². The van der Waals surface area contributed by atoms with Crippen molar-refractivity contribution in [3.05, 3.63) is 17.2 Å². The molecule has 2 fully saturated rings. The molecule has 0 bridgehead atoms. The average Bonchev–Trinajstić information content (AvgIpc) is 3.15. The minimum atomic E-state index is -0.0277. The molecule has 2 saturated heterocycles. The van der Waals surface area contributed by atoms with Crippen LogP contribution in [0.5, 0.6) is 0 Å². The molecule has 4 rings (SSSR count). The lowest BCUT2D eigenvalue weighted by molar-refractivity contribution is -0.142. The molecular weight excluding hydrogens is 266 g/mol. The summed E-state index contributed by atoms with van der Waals surface area (Å²) in [6.45, 7) is 4.68. The van der Waals surface area contributed by atoms with Gasteiger partial charge in [-0.05, 0) is 39.0 Å². The summed E-state index contributed by atoms with van der Waals surface area (Å²) in [6.07, 6.45) is 6.82. The molecule has 0 N–H and O–H groups in total. The summed E-state index contributed by atoms with van der Waals surface area (Å²) >= 11 is 0. The standard InChI is InChI=1S/C16H23N3O2/c1-11-17-13-4-2-3-5-14(13)19(11)12-6-8-18(10-12)15-7-9-21-16(15)20/h12,15H,2-10H2,1H3/t12-,15-/m1/s1. The summed E-state index contributed by atoms with van der Waals surface area (Å²) in [4.78, 5) is 18.9. The number of cyclic esters (lactones) is 1. The van der Waals surface area contributed by atoms with Crippen LogP contribution in [0.4, 0.5) is 0 Å². The monoisotopic (exact) mass is 289 g/mol. The van der Waals surface area contributed by atoms with E-state index in [1.54, 1.807) is 0 Å². The first kappa shape index (κ1) is 13.3. The molecule has 5 heteroatoms. The lowest BCUT2D eigenvalue weighted by Gasteiger charge is -2.23. The number of rotatable bonds is 2. The van der Waals surface area contributed by atoms with Gasteiger partial charge in [-0.1, -0.05) is 0 Å². The molecule has 2 atom stereocenters. The van der Waals surface area contributed by atoms with Gasteiger partial charge in [-0.15, -0.1) is 0 Å². The van der Waals surface area contributed by atoms with Gasteiger partial charge in [0.15, 0.2) is 0 Å². The summed E-state index contributed by atoms with van der Waals surface area (Å²) in [5.41, 5.74) is 2.78. The fourth-order valence-electron chi connectivity index (χ4n) is 4.26. The number of esters is 1. The molecule has 0 spiro atoms. The maximum atomic E-state index is 11.8. The van der Waals surface area contributed by atoms with Crippen molar-refractivity contribution in [2.45, 2.75) is 57.5 Å². The first-order valence-corrected chi connectivity index (χ1v) is 8.21. The van der Waals surface area contributed by atoms with Crippen molar-refractivity contribution < 1.29 is 9.53 Å². The lowest BCUT2D eigenvalue weighted by atomic mass is 10.0. The normalized spacial score (nSPS) is 29.7. The second kappa shape index (κ2) is 5.13. The van der Waals surface area contributed by atoms with Crippen LogP contribution in [-0.2, 0) is 22.4 Å². The topological polar surface area (TPSA) is 47.4 Å². The predicted octanol–water partition coefficient (Wildman–Crippen LogP) is 1.63. The molecular formula is C16H23N3O2. The van der Waals surface area contributed by atoms with Crippen molar-refractivity contribution in [1.82, 2.24) is 14.5 Å². The fraction of sp³-hybridized carbons (Fsp3) is 0.750. The van der Waals surface area contributed by atoms with Crippen LogP contribution in [0.15, 0.2) is 0 Å². The third-order valence-corrected chi connectivity index (χ3v) is 5.25. The highest BCUT2D eigenvalue weighted by Crippen LogP contribution is 2.32. The van der Waals surface area contributed by atoms with Gasteiger partial charge in [0.2, 0.25) is 0 Å². The Labute approximate surface area is 125 Å². The Kier molecular flexibility index (Phi) is 3.25. The van der Waals surface area contributed by atoms with Gasteiger partial charge in [-0.2, -0.15) is 0 Å². The van der Waals surface area contributed by atoms with Crippen LogP contribution in [0.25, 0.3) is 0 Å². The molecule has 5 nitrogen and oxygen atoms in total. The minimum Gasteiger partial charge on any atom is -0.464 e. The average molecular weight is 289 g/mol. The van der Waals surface area contributed by atoms with Crippen molar-refractivity contribution in [1.29, 1.82) is 0 Å². The maximum absolute atomic E-state index is 11.8. The van der Waals surface area contributed by atoms with Crippen LogP contribution < -0.4 is 0 Å². The smallest absolute Gasteiger partial charge is 0.323 e. The minimum absolute atomic E-state index is 0.00495. The van der Waals surface area contributed by atoms with E-state index in [0.717, 1.165) is 44.6 Å². The zero-order valence-corrected chi connectivity index (χ0v) is 12.7. The predicted molar refractivity (Wildman–Crippen MR) is 78.2 cm³/mol. The Bertz CT molecular complexity index is 566. The number of imidazole rings is 1. The summed E-state index contributed by atoms with van der Waals surface area (Å²) in [5, 5.41) is 0. The zero-order chi connectivity index (χ0) is 14.4. The third-order valence-electron chi connectivity index (χ3n) is 5.25. The van der Waals surface area contributed by atoms with Crippen LogP contribution in [-0.4, -0.2) is 46.2 Å².